The molecule has 0 aromatic carbocycles. The molecule has 1 fully saturated rings. The minimum absolute atomic E-state index is 0.310. The number of nitrogens with zero attached hydrogens (tertiary/aromatic N) is 1. The van der Waals surface area contributed by atoms with E-state index in [0.29, 0.717) is 24.5 Å². The van der Waals surface area contributed by atoms with Crippen LogP contribution < -0.4 is 5.73 Å². The van der Waals surface area contributed by atoms with E-state index in [4.69, 9.17) is 5.73 Å². The van der Waals surface area contributed by atoms with Gasteiger partial charge in [-0.05, 0) is 39.0 Å². The Morgan fingerprint density at radius 2 is 1.79 bits per heavy atom. The van der Waals surface area contributed by atoms with E-state index in [1.807, 2.05) is 0 Å². The van der Waals surface area contributed by atoms with Gasteiger partial charge in [-0.2, -0.15) is 0 Å². The van der Waals surface area contributed by atoms with Crippen LogP contribution >= 0.6 is 0 Å². The van der Waals surface area contributed by atoms with E-state index in [9.17, 15) is 4.79 Å². The molecule has 2 unspecified atom stereocenters. The van der Waals surface area contributed by atoms with Crippen molar-refractivity contribution in [3.05, 3.63) is 0 Å². The normalized spacial score (nSPS) is 23.9. The number of likely N-dealkylation sites (tertiary alicyclic amines) is 1. The predicted octanol–water partition coefficient (Wildman–Crippen LogP) is 3.32. The van der Waals surface area contributed by atoms with Crippen molar-refractivity contribution < 1.29 is 4.79 Å². The number of carbonyl (C=O) groups is 1. The Bertz CT molecular complexity index is 284. The number of hydrogen-bond acceptors (Lipinski definition) is 2. The van der Waals surface area contributed by atoms with Crippen molar-refractivity contribution in [3.63, 3.8) is 0 Å². The Morgan fingerprint density at radius 3 is 2.21 bits per heavy atom. The average molecular weight is 268 g/mol. The summed E-state index contributed by atoms with van der Waals surface area (Å²) in [6.45, 7) is 9.17. The molecule has 0 aromatic rings. The molecule has 0 bridgehead atoms. The molecule has 3 heteroatoms. The SMILES string of the molecule is CCCC(CN)(CCC)C(=O)N1C(C)CCC1CC. The maximum absolute atomic E-state index is 13.1. The summed E-state index contributed by atoms with van der Waals surface area (Å²) in [7, 11) is 0. The number of amides is 1. The zero-order valence-corrected chi connectivity index (χ0v) is 13.2. The first-order chi connectivity index (χ1) is 9.06. The van der Waals surface area contributed by atoms with Gasteiger partial charge in [0, 0.05) is 18.6 Å². The van der Waals surface area contributed by atoms with Gasteiger partial charge >= 0.3 is 0 Å². The molecule has 1 aliphatic heterocycles. The Hall–Kier alpha value is -0.570. The second-order valence-electron chi connectivity index (χ2n) is 6.19. The third kappa shape index (κ3) is 3.31. The van der Waals surface area contributed by atoms with Gasteiger partial charge in [0.05, 0.1) is 5.41 Å². The Morgan fingerprint density at radius 1 is 1.21 bits per heavy atom. The van der Waals surface area contributed by atoms with E-state index in [1.54, 1.807) is 0 Å². The minimum atomic E-state index is -0.310. The second-order valence-corrected chi connectivity index (χ2v) is 6.19. The highest BCUT2D eigenvalue weighted by molar-refractivity contribution is 5.84. The van der Waals surface area contributed by atoms with Crippen molar-refractivity contribution in [1.29, 1.82) is 0 Å². The fraction of sp³-hybridized carbons (Fsp3) is 0.938. The standard InChI is InChI=1S/C16H32N2O/c1-5-10-16(12-17,11-6-2)15(19)18-13(4)8-9-14(18)7-3/h13-14H,5-12,17H2,1-4H3. The van der Waals surface area contributed by atoms with E-state index in [-0.39, 0.29) is 5.41 Å². The summed E-state index contributed by atoms with van der Waals surface area (Å²) in [6, 6.07) is 0.819. The van der Waals surface area contributed by atoms with Crippen LogP contribution in [0.4, 0.5) is 0 Å². The lowest BCUT2D eigenvalue weighted by molar-refractivity contribution is -0.145. The molecule has 2 N–H and O–H groups in total. The summed E-state index contributed by atoms with van der Waals surface area (Å²) in [4.78, 5) is 15.3. The van der Waals surface area contributed by atoms with Crippen LogP contribution in [-0.2, 0) is 4.79 Å². The van der Waals surface area contributed by atoms with Crippen molar-refractivity contribution in [3.8, 4) is 0 Å². The molecule has 112 valence electrons. The topological polar surface area (TPSA) is 46.3 Å². The van der Waals surface area contributed by atoms with Gasteiger partial charge in [-0.3, -0.25) is 4.79 Å². The first-order valence-electron chi connectivity index (χ1n) is 8.09. The number of nitrogens with two attached hydrogens (primary N) is 1. The van der Waals surface area contributed by atoms with Crippen LogP contribution in [0, 0.1) is 5.41 Å². The molecule has 1 amide bonds. The lowest BCUT2D eigenvalue weighted by atomic mass is 9.77. The van der Waals surface area contributed by atoms with Crippen molar-refractivity contribution in [1.82, 2.24) is 4.90 Å². The fourth-order valence-corrected chi connectivity index (χ4v) is 3.70. The minimum Gasteiger partial charge on any atom is -0.336 e. The van der Waals surface area contributed by atoms with E-state index < -0.39 is 0 Å². The predicted molar refractivity (Wildman–Crippen MR) is 80.9 cm³/mol. The van der Waals surface area contributed by atoms with Crippen molar-refractivity contribution in [2.45, 2.75) is 84.7 Å². The molecule has 0 aromatic heterocycles. The summed E-state index contributed by atoms with van der Waals surface area (Å²) in [5.74, 6) is 0.329. The largest absolute Gasteiger partial charge is 0.336 e. The molecule has 1 saturated heterocycles. The molecule has 0 saturated carbocycles. The van der Waals surface area contributed by atoms with E-state index in [2.05, 4.69) is 32.6 Å². The van der Waals surface area contributed by atoms with Gasteiger partial charge in [0.15, 0.2) is 0 Å². The second kappa shape index (κ2) is 7.28. The van der Waals surface area contributed by atoms with Crippen LogP contribution in [0.3, 0.4) is 0 Å². The number of hydrogen-bond donors (Lipinski definition) is 1. The molecule has 0 spiro atoms. The summed E-state index contributed by atoms with van der Waals surface area (Å²) in [6.07, 6.45) is 7.27. The first kappa shape index (κ1) is 16.5. The molecule has 1 rings (SSSR count). The lowest BCUT2D eigenvalue weighted by Gasteiger charge is -2.39. The third-order valence-electron chi connectivity index (χ3n) is 4.79. The highest BCUT2D eigenvalue weighted by Crippen LogP contribution is 2.36. The lowest BCUT2D eigenvalue weighted by Crippen LogP contribution is -2.51. The van der Waals surface area contributed by atoms with Crippen LogP contribution in [-0.4, -0.2) is 29.4 Å². The van der Waals surface area contributed by atoms with Crippen molar-refractivity contribution in [2.75, 3.05) is 6.54 Å². The van der Waals surface area contributed by atoms with Crippen LogP contribution in [0.15, 0.2) is 0 Å². The zero-order chi connectivity index (χ0) is 14.5. The Kier molecular flexibility index (Phi) is 6.31. The smallest absolute Gasteiger partial charge is 0.230 e. The molecular weight excluding hydrogens is 236 g/mol. The average Bonchev–Trinajstić information content (AvgIpc) is 2.78. The molecule has 3 nitrogen and oxygen atoms in total. The van der Waals surface area contributed by atoms with Gasteiger partial charge in [-0.25, -0.2) is 0 Å². The quantitative estimate of drug-likeness (QED) is 0.770. The van der Waals surface area contributed by atoms with Crippen LogP contribution in [0.1, 0.15) is 72.6 Å². The molecule has 2 atom stereocenters. The first-order valence-corrected chi connectivity index (χ1v) is 8.09. The summed E-state index contributed by atoms with van der Waals surface area (Å²) in [5.41, 5.74) is 5.72. The van der Waals surface area contributed by atoms with Crippen molar-refractivity contribution in [2.24, 2.45) is 11.1 Å². The van der Waals surface area contributed by atoms with Crippen LogP contribution in [0.5, 0.6) is 0 Å². The van der Waals surface area contributed by atoms with Crippen LogP contribution in [0.25, 0.3) is 0 Å². The Balaban J connectivity index is 2.97. The highest BCUT2D eigenvalue weighted by Gasteiger charge is 2.43. The van der Waals surface area contributed by atoms with E-state index >= 15 is 0 Å². The molecule has 0 radical (unpaired) electrons. The molecule has 0 aliphatic carbocycles. The number of carbonyl (C=O) groups excluding carboxylic acids is 1. The molecule has 19 heavy (non-hydrogen) atoms. The third-order valence-corrected chi connectivity index (χ3v) is 4.79. The summed E-state index contributed by atoms with van der Waals surface area (Å²) >= 11 is 0. The van der Waals surface area contributed by atoms with E-state index in [1.165, 1.54) is 0 Å². The van der Waals surface area contributed by atoms with Gasteiger partial charge < -0.3 is 10.6 Å². The highest BCUT2D eigenvalue weighted by atomic mass is 16.2. The molecule has 1 aliphatic rings. The van der Waals surface area contributed by atoms with E-state index in [0.717, 1.165) is 44.9 Å². The number of rotatable bonds is 7. The maximum Gasteiger partial charge on any atom is 0.230 e. The summed E-state index contributed by atoms with van der Waals surface area (Å²) in [5, 5.41) is 0. The van der Waals surface area contributed by atoms with Gasteiger partial charge in [-0.15, -0.1) is 0 Å². The summed E-state index contributed by atoms with van der Waals surface area (Å²) < 4.78 is 0. The monoisotopic (exact) mass is 268 g/mol. The van der Waals surface area contributed by atoms with Gasteiger partial charge in [0.2, 0.25) is 5.91 Å². The molecular formula is C16H32N2O. The van der Waals surface area contributed by atoms with Gasteiger partial charge in [-0.1, -0.05) is 33.6 Å². The van der Waals surface area contributed by atoms with Crippen molar-refractivity contribution >= 4 is 5.91 Å². The molecule has 1 heterocycles. The maximum atomic E-state index is 13.1. The Labute approximate surface area is 118 Å². The fourth-order valence-electron chi connectivity index (χ4n) is 3.70. The van der Waals surface area contributed by atoms with Crippen LogP contribution in [0.2, 0.25) is 0 Å². The zero-order valence-electron chi connectivity index (χ0n) is 13.2. The van der Waals surface area contributed by atoms with Gasteiger partial charge in [0.25, 0.3) is 0 Å². The van der Waals surface area contributed by atoms with Gasteiger partial charge in [0.1, 0.15) is 0 Å².